The minimum Gasteiger partial charge on any atom is -0.361 e. The average molecular weight is 282 g/mol. The third-order valence-electron chi connectivity index (χ3n) is 3.01. The Hall–Kier alpha value is -1.13. The van der Waals surface area contributed by atoms with Crippen LogP contribution >= 0.6 is 22.9 Å². The topological polar surface area (TPSA) is 37.8 Å². The molecular weight excluding hydrogens is 266 g/mol. The number of nitrogens with one attached hydrogen (secondary N) is 1. The smallest absolute Gasteiger partial charge is 0.155 e. The van der Waals surface area contributed by atoms with Crippen LogP contribution in [0.2, 0.25) is 5.15 Å². The molecular formula is C13H16ClN3S. The lowest BCUT2D eigenvalue weighted by Gasteiger charge is -2.15. The van der Waals surface area contributed by atoms with Crippen molar-refractivity contribution >= 4 is 28.8 Å². The average Bonchev–Trinajstić information content (AvgIpc) is 2.77. The van der Waals surface area contributed by atoms with E-state index >= 15 is 0 Å². The third-order valence-corrected chi connectivity index (χ3v) is 4.55. The van der Waals surface area contributed by atoms with Crippen LogP contribution in [0.25, 0.3) is 0 Å². The van der Waals surface area contributed by atoms with E-state index in [1.807, 2.05) is 13.8 Å². The standard InChI is InChI=1S/C13H16ClN3S/c1-7-5-6-11(18-7)10(4)15-13-9(3)8(2)12(14)16-17-13/h5-6,10H,1-4H3,(H,15,17). The molecule has 2 rings (SSSR count). The van der Waals surface area contributed by atoms with E-state index in [2.05, 4.69) is 41.5 Å². The normalized spacial score (nSPS) is 12.5. The number of thiophene rings is 1. The van der Waals surface area contributed by atoms with Gasteiger partial charge >= 0.3 is 0 Å². The number of aryl methyl sites for hydroxylation is 1. The summed E-state index contributed by atoms with van der Waals surface area (Å²) in [6, 6.07) is 4.49. The first-order chi connectivity index (χ1) is 8.49. The number of hydrogen-bond acceptors (Lipinski definition) is 4. The fraction of sp³-hybridized carbons (Fsp3) is 0.385. The minimum absolute atomic E-state index is 0.220. The van der Waals surface area contributed by atoms with E-state index in [0.717, 1.165) is 16.9 Å². The summed E-state index contributed by atoms with van der Waals surface area (Å²) in [5.74, 6) is 0.801. The zero-order valence-electron chi connectivity index (χ0n) is 10.9. The molecule has 0 aliphatic heterocycles. The first-order valence-corrected chi connectivity index (χ1v) is 7.00. The van der Waals surface area contributed by atoms with Crippen molar-refractivity contribution in [1.29, 1.82) is 0 Å². The van der Waals surface area contributed by atoms with Gasteiger partial charge in [0.1, 0.15) is 0 Å². The molecule has 0 spiro atoms. The molecule has 2 aromatic heterocycles. The molecule has 0 aliphatic rings. The zero-order chi connectivity index (χ0) is 13.3. The maximum Gasteiger partial charge on any atom is 0.155 e. The number of anilines is 1. The van der Waals surface area contributed by atoms with Crippen LogP contribution in [0.3, 0.4) is 0 Å². The molecule has 0 bridgehead atoms. The van der Waals surface area contributed by atoms with Gasteiger partial charge < -0.3 is 5.32 Å². The molecule has 2 heterocycles. The van der Waals surface area contributed by atoms with Crippen LogP contribution in [0.4, 0.5) is 5.82 Å². The Morgan fingerprint density at radius 2 is 1.89 bits per heavy atom. The second-order valence-corrected chi connectivity index (χ2v) is 6.08. The quantitative estimate of drug-likeness (QED) is 0.912. The van der Waals surface area contributed by atoms with Crippen molar-refractivity contribution < 1.29 is 0 Å². The van der Waals surface area contributed by atoms with E-state index in [4.69, 9.17) is 11.6 Å². The van der Waals surface area contributed by atoms with E-state index < -0.39 is 0 Å². The van der Waals surface area contributed by atoms with E-state index in [9.17, 15) is 0 Å². The zero-order valence-corrected chi connectivity index (χ0v) is 12.5. The van der Waals surface area contributed by atoms with E-state index in [1.165, 1.54) is 9.75 Å². The fourth-order valence-electron chi connectivity index (χ4n) is 1.68. The van der Waals surface area contributed by atoms with Crippen LogP contribution in [0.1, 0.15) is 33.8 Å². The number of hydrogen-bond donors (Lipinski definition) is 1. The maximum absolute atomic E-state index is 5.94. The number of nitrogens with zero attached hydrogens (tertiary/aromatic N) is 2. The molecule has 2 aromatic rings. The van der Waals surface area contributed by atoms with Crippen molar-refractivity contribution in [2.45, 2.75) is 33.7 Å². The predicted octanol–water partition coefficient (Wildman–Crippen LogP) is 4.29. The lowest BCUT2D eigenvalue weighted by atomic mass is 10.2. The van der Waals surface area contributed by atoms with Crippen molar-refractivity contribution in [3.05, 3.63) is 38.2 Å². The molecule has 0 fully saturated rings. The largest absolute Gasteiger partial charge is 0.361 e. The van der Waals surface area contributed by atoms with Crippen molar-refractivity contribution in [3.63, 3.8) is 0 Å². The van der Waals surface area contributed by atoms with Crippen LogP contribution in [-0.2, 0) is 0 Å². The van der Waals surface area contributed by atoms with E-state index in [0.29, 0.717) is 5.15 Å². The summed E-state index contributed by atoms with van der Waals surface area (Å²) >= 11 is 7.74. The summed E-state index contributed by atoms with van der Waals surface area (Å²) in [5, 5.41) is 11.9. The van der Waals surface area contributed by atoms with Gasteiger partial charge in [0.05, 0.1) is 6.04 Å². The van der Waals surface area contributed by atoms with Gasteiger partial charge in [-0.2, -0.15) is 0 Å². The summed E-state index contributed by atoms with van der Waals surface area (Å²) in [6.45, 7) is 8.19. The van der Waals surface area contributed by atoms with Crippen LogP contribution in [0.15, 0.2) is 12.1 Å². The van der Waals surface area contributed by atoms with Gasteiger partial charge in [-0.25, -0.2) is 0 Å². The first kappa shape index (κ1) is 13.3. The maximum atomic E-state index is 5.94. The molecule has 1 N–H and O–H groups in total. The Kier molecular flexibility index (Phi) is 3.88. The predicted molar refractivity (Wildman–Crippen MR) is 77.6 cm³/mol. The monoisotopic (exact) mass is 281 g/mol. The van der Waals surface area contributed by atoms with Crippen LogP contribution in [0, 0.1) is 20.8 Å². The minimum atomic E-state index is 0.220. The molecule has 0 saturated carbocycles. The Labute approximate surface area is 116 Å². The lowest BCUT2D eigenvalue weighted by Crippen LogP contribution is -2.09. The molecule has 0 aromatic carbocycles. The fourth-order valence-corrected chi connectivity index (χ4v) is 2.73. The van der Waals surface area contributed by atoms with Gasteiger partial charge in [-0.05, 0) is 51.0 Å². The summed E-state index contributed by atoms with van der Waals surface area (Å²) in [6.07, 6.45) is 0. The first-order valence-electron chi connectivity index (χ1n) is 5.81. The molecule has 1 unspecified atom stereocenters. The number of aromatic nitrogens is 2. The molecule has 0 radical (unpaired) electrons. The van der Waals surface area contributed by atoms with Crippen molar-refractivity contribution in [2.75, 3.05) is 5.32 Å². The number of halogens is 1. The molecule has 5 heteroatoms. The summed E-state index contributed by atoms with van der Waals surface area (Å²) in [7, 11) is 0. The molecule has 96 valence electrons. The molecule has 1 atom stereocenters. The summed E-state index contributed by atoms with van der Waals surface area (Å²) in [4.78, 5) is 2.61. The Morgan fingerprint density at radius 3 is 2.50 bits per heavy atom. The summed E-state index contributed by atoms with van der Waals surface area (Å²) < 4.78 is 0. The SMILES string of the molecule is Cc1ccc(C(C)Nc2nnc(Cl)c(C)c2C)s1. The van der Waals surface area contributed by atoms with Crippen LogP contribution in [-0.4, -0.2) is 10.2 Å². The Balaban J connectivity index is 2.22. The van der Waals surface area contributed by atoms with Gasteiger partial charge in [-0.15, -0.1) is 21.5 Å². The van der Waals surface area contributed by atoms with Crippen LogP contribution < -0.4 is 5.32 Å². The highest BCUT2D eigenvalue weighted by molar-refractivity contribution is 7.12. The second kappa shape index (κ2) is 5.24. The van der Waals surface area contributed by atoms with E-state index in [1.54, 1.807) is 11.3 Å². The molecule has 0 aliphatic carbocycles. The Bertz CT molecular complexity index is 565. The second-order valence-electron chi connectivity index (χ2n) is 4.40. The van der Waals surface area contributed by atoms with Gasteiger partial charge in [0.2, 0.25) is 0 Å². The molecule has 0 saturated heterocycles. The van der Waals surface area contributed by atoms with Crippen molar-refractivity contribution in [1.82, 2.24) is 10.2 Å². The number of rotatable bonds is 3. The Morgan fingerprint density at radius 1 is 1.17 bits per heavy atom. The third kappa shape index (κ3) is 2.65. The highest BCUT2D eigenvalue weighted by atomic mass is 35.5. The van der Waals surface area contributed by atoms with Crippen molar-refractivity contribution in [2.24, 2.45) is 0 Å². The highest BCUT2D eigenvalue weighted by Gasteiger charge is 2.12. The van der Waals surface area contributed by atoms with Gasteiger partial charge in [0.25, 0.3) is 0 Å². The summed E-state index contributed by atoms with van der Waals surface area (Å²) in [5.41, 5.74) is 2.03. The van der Waals surface area contributed by atoms with Crippen molar-refractivity contribution in [3.8, 4) is 0 Å². The molecule has 3 nitrogen and oxygen atoms in total. The van der Waals surface area contributed by atoms with Crippen LogP contribution in [0.5, 0.6) is 0 Å². The van der Waals surface area contributed by atoms with Gasteiger partial charge in [0, 0.05) is 9.75 Å². The van der Waals surface area contributed by atoms with Gasteiger partial charge in [-0.3, -0.25) is 0 Å². The highest BCUT2D eigenvalue weighted by Crippen LogP contribution is 2.27. The lowest BCUT2D eigenvalue weighted by molar-refractivity contribution is 0.870. The molecule has 18 heavy (non-hydrogen) atoms. The van der Waals surface area contributed by atoms with Gasteiger partial charge in [0.15, 0.2) is 11.0 Å². The van der Waals surface area contributed by atoms with E-state index in [-0.39, 0.29) is 6.04 Å². The molecule has 0 amide bonds. The van der Waals surface area contributed by atoms with Gasteiger partial charge in [-0.1, -0.05) is 11.6 Å².